The predicted octanol–water partition coefficient (Wildman–Crippen LogP) is 5.60. The Morgan fingerprint density at radius 3 is 2.56 bits per heavy atom. The zero-order chi connectivity index (χ0) is 27.8. The van der Waals surface area contributed by atoms with Crippen molar-refractivity contribution in [2.75, 3.05) is 30.7 Å². The molecular formula is C30H41F2N3O3S. The lowest BCUT2D eigenvalue weighted by Crippen LogP contribution is -2.54. The molecule has 2 aromatic rings. The molecule has 1 aliphatic carbocycles. The van der Waals surface area contributed by atoms with Crippen LogP contribution in [-0.2, 0) is 21.2 Å². The van der Waals surface area contributed by atoms with E-state index in [1.807, 2.05) is 6.92 Å². The number of anilines is 1. The highest BCUT2D eigenvalue weighted by atomic mass is 32.2. The van der Waals surface area contributed by atoms with Crippen LogP contribution >= 0.6 is 0 Å². The highest BCUT2D eigenvalue weighted by Crippen LogP contribution is 2.38. The summed E-state index contributed by atoms with van der Waals surface area (Å²) in [5.74, 6) is -0.509. The van der Waals surface area contributed by atoms with Gasteiger partial charge in [-0.1, -0.05) is 44.4 Å². The van der Waals surface area contributed by atoms with E-state index in [1.54, 1.807) is 28.6 Å². The zero-order valence-electron chi connectivity index (χ0n) is 22.8. The topological polar surface area (TPSA) is 78.5 Å². The number of carbonyl (C=O) groups excluding carboxylic acids is 1. The number of nitrogens with one attached hydrogen (secondary N) is 2. The number of halogens is 2. The van der Waals surface area contributed by atoms with Crippen molar-refractivity contribution in [3.05, 3.63) is 65.2 Å². The van der Waals surface area contributed by atoms with Crippen LogP contribution in [0.1, 0.15) is 75.3 Å². The van der Waals surface area contributed by atoms with Gasteiger partial charge in [0.15, 0.2) is 0 Å². The fraction of sp³-hybridized carbons (Fsp3) is 0.567. The molecule has 0 spiro atoms. The molecule has 1 aliphatic heterocycles. The normalized spacial score (nSPS) is 20.0. The number of carbonyl (C=O) groups is 1. The molecule has 0 bridgehead atoms. The number of piperazine rings is 1. The summed E-state index contributed by atoms with van der Waals surface area (Å²) in [4.78, 5) is 13.3. The van der Waals surface area contributed by atoms with Crippen molar-refractivity contribution in [2.24, 2.45) is 5.92 Å². The fourth-order valence-electron chi connectivity index (χ4n) is 6.17. The first-order chi connectivity index (χ1) is 18.8. The Morgan fingerprint density at radius 2 is 1.85 bits per heavy atom. The average Bonchev–Trinajstić information content (AvgIpc) is 2.93. The maximum Gasteiger partial charge on any atom is 0.225 e. The molecule has 0 aromatic heterocycles. The van der Waals surface area contributed by atoms with Gasteiger partial charge in [0.1, 0.15) is 11.6 Å². The van der Waals surface area contributed by atoms with Crippen LogP contribution in [-0.4, -0.2) is 50.1 Å². The minimum atomic E-state index is -3.37. The molecular weight excluding hydrogens is 520 g/mol. The number of hydrogen-bond donors (Lipinski definition) is 2. The number of amides is 1. The summed E-state index contributed by atoms with van der Waals surface area (Å²) >= 11 is 0. The molecule has 1 heterocycles. The Labute approximate surface area is 231 Å². The maximum atomic E-state index is 15.0. The Kier molecular flexibility index (Phi) is 10.5. The molecule has 2 atom stereocenters. The Morgan fingerprint density at radius 1 is 1.10 bits per heavy atom. The van der Waals surface area contributed by atoms with E-state index in [0.717, 1.165) is 31.2 Å². The number of sulfonamides is 1. The summed E-state index contributed by atoms with van der Waals surface area (Å²) in [6.45, 7) is 3.36. The lowest BCUT2D eigenvalue weighted by Gasteiger charge is -2.35. The first-order valence-corrected chi connectivity index (χ1v) is 15.9. The fourth-order valence-corrected chi connectivity index (χ4v) is 7.93. The second-order valence-electron chi connectivity index (χ2n) is 10.9. The van der Waals surface area contributed by atoms with Crippen LogP contribution in [0.3, 0.4) is 0 Å². The van der Waals surface area contributed by atoms with Crippen LogP contribution in [0.4, 0.5) is 14.5 Å². The third-order valence-corrected chi connectivity index (χ3v) is 10.3. The number of benzene rings is 2. The summed E-state index contributed by atoms with van der Waals surface area (Å²) < 4.78 is 55.8. The average molecular weight is 562 g/mol. The van der Waals surface area contributed by atoms with Crippen molar-refractivity contribution in [1.29, 1.82) is 0 Å². The molecule has 4 rings (SSSR count). The van der Waals surface area contributed by atoms with Crippen LogP contribution in [0.2, 0.25) is 0 Å². The molecule has 2 unspecified atom stereocenters. The van der Waals surface area contributed by atoms with Crippen LogP contribution in [0.25, 0.3) is 0 Å². The molecule has 1 amide bonds. The zero-order valence-corrected chi connectivity index (χ0v) is 23.6. The van der Waals surface area contributed by atoms with Crippen molar-refractivity contribution in [1.82, 2.24) is 9.62 Å². The molecule has 2 aromatic carbocycles. The van der Waals surface area contributed by atoms with Crippen molar-refractivity contribution in [2.45, 2.75) is 76.7 Å². The molecule has 6 nitrogen and oxygen atoms in total. The summed E-state index contributed by atoms with van der Waals surface area (Å²) in [5.41, 5.74) is 1.77. The van der Waals surface area contributed by atoms with Gasteiger partial charge in [-0.3, -0.25) is 4.79 Å². The van der Waals surface area contributed by atoms with E-state index in [4.69, 9.17) is 0 Å². The lowest BCUT2D eigenvalue weighted by atomic mass is 9.75. The van der Waals surface area contributed by atoms with Gasteiger partial charge < -0.3 is 10.6 Å². The standard InChI is InChI=1S/C30H41F2N3O3S/c1-2-19-39(37,38)35-18-17-33-21-25(35)15-16-26-28(32)9-6-10-29(26)34-30(36)20-27(22-7-4-3-5-8-22)23-11-13-24(31)14-12-23/h6,9-14,22,25,27,33H,2-5,7-8,15-21H2,1H3,(H,34,36). The molecule has 9 heteroatoms. The van der Waals surface area contributed by atoms with Gasteiger partial charge in [-0.15, -0.1) is 0 Å². The first-order valence-electron chi connectivity index (χ1n) is 14.3. The molecule has 1 saturated carbocycles. The van der Waals surface area contributed by atoms with Gasteiger partial charge in [0.05, 0.1) is 5.75 Å². The van der Waals surface area contributed by atoms with Crippen LogP contribution < -0.4 is 10.6 Å². The van der Waals surface area contributed by atoms with Crippen LogP contribution in [0.15, 0.2) is 42.5 Å². The van der Waals surface area contributed by atoms with Gasteiger partial charge in [0, 0.05) is 43.3 Å². The molecule has 39 heavy (non-hydrogen) atoms. The summed E-state index contributed by atoms with van der Waals surface area (Å²) in [6.07, 6.45) is 7.04. The molecule has 1 saturated heterocycles. The van der Waals surface area contributed by atoms with E-state index < -0.39 is 15.8 Å². The van der Waals surface area contributed by atoms with Gasteiger partial charge >= 0.3 is 0 Å². The Bertz CT molecular complexity index is 1200. The van der Waals surface area contributed by atoms with Gasteiger partial charge in [0.25, 0.3) is 0 Å². The van der Waals surface area contributed by atoms with E-state index >= 15 is 4.39 Å². The third kappa shape index (κ3) is 7.86. The van der Waals surface area contributed by atoms with Gasteiger partial charge in [-0.25, -0.2) is 17.2 Å². The lowest BCUT2D eigenvalue weighted by molar-refractivity contribution is -0.116. The molecule has 0 radical (unpaired) electrons. The Hall–Kier alpha value is -2.36. The Balaban J connectivity index is 1.47. The summed E-state index contributed by atoms with van der Waals surface area (Å²) in [7, 11) is -3.37. The molecule has 214 valence electrons. The SMILES string of the molecule is CCCS(=O)(=O)N1CCNCC1CCc1c(F)cccc1NC(=O)CC(c1ccc(F)cc1)C1CCCCC1. The van der Waals surface area contributed by atoms with Crippen molar-refractivity contribution >= 4 is 21.6 Å². The van der Waals surface area contributed by atoms with Crippen molar-refractivity contribution in [3.63, 3.8) is 0 Å². The monoisotopic (exact) mass is 561 g/mol. The molecule has 2 fully saturated rings. The van der Waals surface area contributed by atoms with Gasteiger partial charge in [0.2, 0.25) is 15.9 Å². The minimum Gasteiger partial charge on any atom is -0.326 e. The molecule has 2 N–H and O–H groups in total. The largest absolute Gasteiger partial charge is 0.326 e. The van der Waals surface area contributed by atoms with Crippen molar-refractivity contribution in [3.8, 4) is 0 Å². The smallest absolute Gasteiger partial charge is 0.225 e. The quantitative estimate of drug-likeness (QED) is 0.374. The minimum absolute atomic E-state index is 0.0337. The van der Waals surface area contributed by atoms with E-state index in [9.17, 15) is 17.6 Å². The maximum absolute atomic E-state index is 15.0. The molecule has 2 aliphatic rings. The highest BCUT2D eigenvalue weighted by Gasteiger charge is 2.32. The van der Waals surface area contributed by atoms with Crippen LogP contribution in [0.5, 0.6) is 0 Å². The summed E-state index contributed by atoms with van der Waals surface area (Å²) in [6, 6.07) is 10.8. The van der Waals surface area contributed by atoms with E-state index in [2.05, 4.69) is 10.6 Å². The van der Waals surface area contributed by atoms with Gasteiger partial charge in [-0.05, 0) is 73.8 Å². The second-order valence-corrected chi connectivity index (χ2v) is 12.9. The number of hydrogen-bond acceptors (Lipinski definition) is 4. The van der Waals surface area contributed by atoms with E-state index in [1.165, 1.54) is 24.6 Å². The van der Waals surface area contributed by atoms with E-state index in [0.29, 0.717) is 56.1 Å². The van der Waals surface area contributed by atoms with E-state index in [-0.39, 0.29) is 35.9 Å². The van der Waals surface area contributed by atoms with Gasteiger partial charge in [-0.2, -0.15) is 4.31 Å². The second kappa shape index (κ2) is 13.8. The highest BCUT2D eigenvalue weighted by molar-refractivity contribution is 7.89. The third-order valence-electron chi connectivity index (χ3n) is 8.16. The first kappa shape index (κ1) is 29.6. The van der Waals surface area contributed by atoms with Crippen LogP contribution in [0, 0.1) is 17.6 Å². The number of nitrogens with zero attached hydrogens (tertiary/aromatic N) is 1. The summed E-state index contributed by atoms with van der Waals surface area (Å²) in [5, 5.41) is 6.21. The van der Waals surface area contributed by atoms with Crippen molar-refractivity contribution < 1.29 is 22.0 Å². The predicted molar refractivity (Wildman–Crippen MR) is 151 cm³/mol. The number of rotatable bonds is 11.